The van der Waals surface area contributed by atoms with E-state index in [1.165, 1.54) is 12.8 Å². The first kappa shape index (κ1) is 20.4. The molecule has 0 bridgehead atoms. The smallest absolute Gasteiger partial charge is 0.345 e. The molecular formula is C25H27N5O3. The van der Waals surface area contributed by atoms with Gasteiger partial charge in [0.15, 0.2) is 5.65 Å². The summed E-state index contributed by atoms with van der Waals surface area (Å²) in [5, 5.41) is 11.5. The first-order chi connectivity index (χ1) is 16.0. The van der Waals surface area contributed by atoms with Crippen molar-refractivity contribution < 1.29 is 9.52 Å². The Morgan fingerprint density at radius 1 is 1.06 bits per heavy atom. The Balaban J connectivity index is 1.33. The van der Waals surface area contributed by atoms with E-state index in [4.69, 9.17) is 4.42 Å². The van der Waals surface area contributed by atoms with E-state index in [-0.39, 0.29) is 12.1 Å². The van der Waals surface area contributed by atoms with Crippen LogP contribution in [0.2, 0.25) is 0 Å². The molecule has 3 aromatic heterocycles. The lowest BCUT2D eigenvalue weighted by molar-refractivity contribution is 0.0986. The van der Waals surface area contributed by atoms with E-state index >= 15 is 0 Å². The molecular weight excluding hydrogens is 418 g/mol. The number of nitrogens with zero attached hydrogens (tertiary/aromatic N) is 5. The summed E-state index contributed by atoms with van der Waals surface area (Å²) in [6.07, 6.45) is 5.77. The van der Waals surface area contributed by atoms with Crippen molar-refractivity contribution in [1.82, 2.24) is 19.3 Å². The Bertz CT molecular complexity index is 1420. The van der Waals surface area contributed by atoms with Gasteiger partial charge >= 0.3 is 5.63 Å². The topological polar surface area (TPSA) is 87.1 Å². The second-order valence-corrected chi connectivity index (χ2v) is 9.28. The maximum atomic E-state index is 12.9. The summed E-state index contributed by atoms with van der Waals surface area (Å²) in [7, 11) is 0. The number of benzene rings is 1. The molecule has 2 saturated heterocycles. The second-order valence-electron chi connectivity index (χ2n) is 9.28. The van der Waals surface area contributed by atoms with Crippen molar-refractivity contribution in [1.29, 1.82) is 0 Å². The highest BCUT2D eigenvalue weighted by Crippen LogP contribution is 2.29. The lowest BCUT2D eigenvalue weighted by Gasteiger charge is -2.25. The van der Waals surface area contributed by atoms with E-state index in [1.807, 2.05) is 54.9 Å². The maximum absolute atomic E-state index is 12.9. The SMILES string of the molecule is Cc1cn2cc(-c3cc4ccc(N5C[C@@H](O)[C@H](N6CCCC6)C5)cc4oc3=O)nc2c(C)n1. The number of aromatic nitrogens is 3. The van der Waals surface area contributed by atoms with Gasteiger partial charge in [-0.25, -0.2) is 9.78 Å². The molecule has 1 N–H and O–H groups in total. The number of fused-ring (bicyclic) bond motifs is 2. The Morgan fingerprint density at radius 3 is 2.70 bits per heavy atom. The number of rotatable bonds is 3. The zero-order chi connectivity index (χ0) is 22.7. The van der Waals surface area contributed by atoms with Gasteiger partial charge in [-0.05, 0) is 58.0 Å². The van der Waals surface area contributed by atoms with Gasteiger partial charge in [-0.2, -0.15) is 0 Å². The Morgan fingerprint density at radius 2 is 1.88 bits per heavy atom. The Labute approximate surface area is 191 Å². The van der Waals surface area contributed by atoms with E-state index < -0.39 is 5.63 Å². The fraction of sp³-hybridized carbons (Fsp3) is 0.400. The van der Waals surface area contributed by atoms with Gasteiger partial charge in [-0.3, -0.25) is 9.88 Å². The molecule has 5 heterocycles. The maximum Gasteiger partial charge on any atom is 0.345 e. The van der Waals surface area contributed by atoms with E-state index in [0.717, 1.165) is 47.7 Å². The van der Waals surface area contributed by atoms with Crippen molar-refractivity contribution in [3.8, 4) is 11.3 Å². The summed E-state index contributed by atoms with van der Waals surface area (Å²) in [6, 6.07) is 7.91. The highest BCUT2D eigenvalue weighted by atomic mass is 16.4. The molecule has 8 nitrogen and oxygen atoms in total. The zero-order valence-electron chi connectivity index (χ0n) is 18.9. The standard InChI is InChI=1S/C25H27N5O3/c1-15-11-30-12-20(27-24(30)16(2)26-15)19-9-17-5-6-18(10-23(17)33-25(19)32)29-13-21(22(31)14-29)28-7-3-4-8-28/h5-6,9-12,21-22,31H,3-4,7-8,13-14H2,1-2H3/t21-,22-/m1/s1. The molecule has 2 aliphatic rings. The quantitative estimate of drug-likeness (QED) is 0.485. The van der Waals surface area contributed by atoms with Crippen LogP contribution in [0.25, 0.3) is 27.9 Å². The molecule has 0 radical (unpaired) electrons. The van der Waals surface area contributed by atoms with Crippen LogP contribution in [0.1, 0.15) is 24.2 Å². The normalized spacial score (nSPS) is 21.6. The fourth-order valence-corrected chi connectivity index (χ4v) is 5.32. The molecule has 0 saturated carbocycles. The van der Waals surface area contributed by atoms with Crippen LogP contribution in [0.3, 0.4) is 0 Å². The largest absolute Gasteiger partial charge is 0.422 e. The summed E-state index contributed by atoms with van der Waals surface area (Å²) < 4.78 is 7.63. The fourth-order valence-electron chi connectivity index (χ4n) is 5.32. The third-order valence-corrected chi connectivity index (χ3v) is 6.96. The van der Waals surface area contributed by atoms with Crippen molar-refractivity contribution >= 4 is 22.3 Å². The van der Waals surface area contributed by atoms with Gasteiger partial charge < -0.3 is 18.8 Å². The average Bonchev–Trinajstić information content (AvgIpc) is 3.52. The molecule has 33 heavy (non-hydrogen) atoms. The van der Waals surface area contributed by atoms with Crippen molar-refractivity contribution in [2.45, 2.75) is 38.8 Å². The lowest BCUT2D eigenvalue weighted by Crippen LogP contribution is -2.41. The van der Waals surface area contributed by atoms with Gasteiger partial charge in [-0.1, -0.05) is 0 Å². The monoisotopic (exact) mass is 445 g/mol. The highest BCUT2D eigenvalue weighted by Gasteiger charge is 2.36. The van der Waals surface area contributed by atoms with Gasteiger partial charge in [0, 0.05) is 42.6 Å². The summed E-state index contributed by atoms with van der Waals surface area (Å²) >= 11 is 0. The van der Waals surface area contributed by atoms with Gasteiger partial charge in [0.1, 0.15) is 5.58 Å². The summed E-state index contributed by atoms with van der Waals surface area (Å²) in [6.45, 7) is 7.33. The van der Waals surface area contributed by atoms with Gasteiger partial charge in [0.05, 0.1) is 34.8 Å². The molecule has 8 heteroatoms. The number of aliphatic hydroxyl groups is 1. The van der Waals surface area contributed by atoms with Crippen LogP contribution in [-0.2, 0) is 0 Å². The molecule has 0 unspecified atom stereocenters. The molecule has 2 atom stereocenters. The van der Waals surface area contributed by atoms with Crippen molar-refractivity contribution in [2.75, 3.05) is 31.1 Å². The lowest BCUT2D eigenvalue weighted by atomic mass is 10.1. The first-order valence-corrected chi connectivity index (χ1v) is 11.5. The third-order valence-electron chi connectivity index (χ3n) is 6.96. The molecule has 0 amide bonds. The van der Waals surface area contributed by atoms with Crippen LogP contribution in [0.5, 0.6) is 0 Å². The van der Waals surface area contributed by atoms with E-state index in [9.17, 15) is 9.90 Å². The number of aliphatic hydroxyl groups excluding tert-OH is 1. The van der Waals surface area contributed by atoms with Crippen LogP contribution in [-0.4, -0.2) is 62.7 Å². The molecule has 0 aliphatic carbocycles. The number of hydrogen-bond acceptors (Lipinski definition) is 7. The molecule has 2 fully saturated rings. The number of aryl methyl sites for hydroxylation is 2. The molecule has 6 rings (SSSR count). The van der Waals surface area contributed by atoms with Crippen LogP contribution in [0, 0.1) is 13.8 Å². The van der Waals surface area contributed by atoms with Gasteiger partial charge in [0.25, 0.3) is 0 Å². The van der Waals surface area contributed by atoms with Crippen molar-refractivity contribution in [2.24, 2.45) is 0 Å². The number of imidazole rings is 1. The molecule has 170 valence electrons. The van der Waals surface area contributed by atoms with Gasteiger partial charge in [0.2, 0.25) is 0 Å². The van der Waals surface area contributed by atoms with Crippen molar-refractivity contribution in [3.05, 3.63) is 58.5 Å². The van der Waals surface area contributed by atoms with E-state index in [1.54, 1.807) is 0 Å². The zero-order valence-corrected chi connectivity index (χ0v) is 18.9. The van der Waals surface area contributed by atoms with Crippen LogP contribution in [0.4, 0.5) is 5.69 Å². The van der Waals surface area contributed by atoms with Crippen molar-refractivity contribution in [3.63, 3.8) is 0 Å². The summed E-state index contributed by atoms with van der Waals surface area (Å²) in [5.74, 6) is 0. The molecule has 2 aliphatic heterocycles. The first-order valence-electron chi connectivity index (χ1n) is 11.5. The van der Waals surface area contributed by atoms with Gasteiger partial charge in [-0.15, -0.1) is 0 Å². The highest BCUT2D eigenvalue weighted by molar-refractivity contribution is 5.84. The summed E-state index contributed by atoms with van der Waals surface area (Å²) in [5.41, 5.74) is 4.52. The third kappa shape index (κ3) is 3.50. The number of likely N-dealkylation sites (tertiary alicyclic amines) is 1. The predicted molar refractivity (Wildman–Crippen MR) is 127 cm³/mol. The van der Waals surface area contributed by atoms with E-state index in [0.29, 0.717) is 23.4 Å². The minimum absolute atomic E-state index is 0.161. The Hall–Kier alpha value is -3.23. The summed E-state index contributed by atoms with van der Waals surface area (Å²) in [4.78, 5) is 26.5. The number of anilines is 1. The average molecular weight is 446 g/mol. The minimum Gasteiger partial charge on any atom is -0.422 e. The van der Waals surface area contributed by atoms with Crippen LogP contribution >= 0.6 is 0 Å². The molecule has 0 spiro atoms. The Kier molecular flexibility index (Phi) is 4.74. The minimum atomic E-state index is -0.415. The van der Waals surface area contributed by atoms with Crippen LogP contribution in [0.15, 0.2) is 45.9 Å². The van der Waals surface area contributed by atoms with E-state index in [2.05, 4.69) is 19.8 Å². The molecule has 1 aromatic carbocycles. The second kappa shape index (κ2) is 7.67. The predicted octanol–water partition coefficient (Wildman–Crippen LogP) is 2.76. The van der Waals surface area contributed by atoms with Crippen LogP contribution < -0.4 is 10.5 Å². The molecule has 4 aromatic rings. The number of hydrogen-bond donors (Lipinski definition) is 1. The number of β-amino-alcohol motifs (C(OH)–C–C–N with tert-alkyl or cyclic N) is 1.